The summed E-state index contributed by atoms with van der Waals surface area (Å²) in [7, 11) is 0. The molecule has 0 saturated carbocycles. The number of carbonyl (C=O) groups is 3. The monoisotopic (exact) mass is 351 g/mol. The maximum absolute atomic E-state index is 12.2. The minimum absolute atomic E-state index is 0.192. The first-order chi connectivity index (χ1) is 11.5. The zero-order valence-electron chi connectivity index (χ0n) is 14.8. The Morgan fingerprint density at radius 1 is 0.920 bits per heavy atom. The van der Waals surface area contributed by atoms with Gasteiger partial charge in [0.05, 0.1) is 6.42 Å². The number of carboxylic acids is 3. The molecule has 0 fully saturated rings. The largest absolute Gasteiger partial charge is 0.481 e. The lowest BCUT2D eigenvalue weighted by Gasteiger charge is -2.45. The number of benzene rings is 1. The van der Waals surface area contributed by atoms with E-state index in [2.05, 4.69) is 5.32 Å². The van der Waals surface area contributed by atoms with Gasteiger partial charge in [0.1, 0.15) is 5.54 Å². The van der Waals surface area contributed by atoms with Crippen LogP contribution in [0.4, 0.5) is 0 Å². The van der Waals surface area contributed by atoms with E-state index in [0.29, 0.717) is 0 Å². The molecule has 0 radical (unpaired) electrons. The number of aliphatic carboxylic acids is 3. The van der Waals surface area contributed by atoms with Crippen LogP contribution in [0, 0.1) is 11.8 Å². The molecule has 1 aromatic rings. The van der Waals surface area contributed by atoms with Gasteiger partial charge in [-0.1, -0.05) is 58.0 Å². The van der Waals surface area contributed by atoms with E-state index in [0.717, 1.165) is 0 Å². The summed E-state index contributed by atoms with van der Waals surface area (Å²) in [6.45, 7) is 6.66. The van der Waals surface area contributed by atoms with Crippen LogP contribution in [-0.4, -0.2) is 38.8 Å². The molecule has 0 heterocycles. The number of nitrogens with one attached hydrogen (secondary N) is 1. The smallest absolute Gasteiger partial charge is 0.329 e. The van der Waals surface area contributed by atoms with E-state index >= 15 is 0 Å². The second-order valence-electron chi connectivity index (χ2n) is 6.76. The third-order valence-corrected chi connectivity index (χ3v) is 4.64. The Morgan fingerprint density at radius 2 is 1.40 bits per heavy atom. The van der Waals surface area contributed by atoms with Gasteiger partial charge in [0.15, 0.2) is 5.54 Å². The van der Waals surface area contributed by atoms with Crippen molar-refractivity contribution in [2.24, 2.45) is 11.8 Å². The normalized spacial score (nSPS) is 14.3. The second kappa shape index (κ2) is 7.65. The van der Waals surface area contributed by atoms with Crippen molar-refractivity contribution in [2.45, 2.75) is 45.2 Å². The Hall–Kier alpha value is -2.41. The molecule has 1 atom stereocenters. The van der Waals surface area contributed by atoms with Crippen molar-refractivity contribution in [3.8, 4) is 0 Å². The molecule has 7 heteroatoms. The van der Waals surface area contributed by atoms with Crippen molar-refractivity contribution >= 4 is 17.9 Å². The predicted molar refractivity (Wildman–Crippen MR) is 91.2 cm³/mol. The van der Waals surface area contributed by atoms with Crippen LogP contribution in [-0.2, 0) is 19.9 Å². The summed E-state index contributed by atoms with van der Waals surface area (Å²) in [6.07, 6.45) is -0.791. The molecule has 25 heavy (non-hydrogen) atoms. The lowest BCUT2D eigenvalue weighted by molar-refractivity contribution is -0.160. The zero-order valence-corrected chi connectivity index (χ0v) is 14.8. The molecular weight excluding hydrogens is 326 g/mol. The summed E-state index contributed by atoms with van der Waals surface area (Å²) < 4.78 is 0. The molecule has 0 amide bonds. The zero-order chi connectivity index (χ0) is 19.4. The lowest BCUT2D eigenvalue weighted by Crippen LogP contribution is -2.68. The van der Waals surface area contributed by atoms with Gasteiger partial charge in [0, 0.05) is 0 Å². The number of carboxylic acid groups (broad SMARTS) is 3. The van der Waals surface area contributed by atoms with Gasteiger partial charge in [0.25, 0.3) is 0 Å². The molecule has 1 unspecified atom stereocenters. The fraction of sp³-hybridized carbons (Fsp3) is 0.500. The molecule has 1 aromatic carbocycles. The molecule has 7 nitrogen and oxygen atoms in total. The van der Waals surface area contributed by atoms with Crippen molar-refractivity contribution in [2.75, 3.05) is 0 Å². The van der Waals surface area contributed by atoms with Gasteiger partial charge < -0.3 is 15.3 Å². The first-order valence-corrected chi connectivity index (χ1v) is 8.04. The Bertz CT molecular complexity index is 632. The van der Waals surface area contributed by atoms with Crippen LogP contribution < -0.4 is 5.32 Å². The molecule has 0 bridgehead atoms. The quantitative estimate of drug-likeness (QED) is 0.537. The summed E-state index contributed by atoms with van der Waals surface area (Å²) in [5, 5.41) is 31.9. The van der Waals surface area contributed by atoms with E-state index in [4.69, 9.17) is 0 Å². The first kappa shape index (κ1) is 20.6. The molecular formula is C18H25NO6. The van der Waals surface area contributed by atoms with Gasteiger partial charge in [-0.3, -0.25) is 14.9 Å². The third-order valence-electron chi connectivity index (χ3n) is 4.64. The highest BCUT2D eigenvalue weighted by Gasteiger charge is 2.54. The highest BCUT2D eigenvalue weighted by molar-refractivity contribution is 5.89. The molecule has 1 rings (SSSR count). The van der Waals surface area contributed by atoms with Crippen molar-refractivity contribution < 1.29 is 29.7 Å². The van der Waals surface area contributed by atoms with E-state index < -0.39 is 47.2 Å². The van der Waals surface area contributed by atoms with Crippen LogP contribution >= 0.6 is 0 Å². The van der Waals surface area contributed by atoms with Gasteiger partial charge in [-0.05, 0) is 17.4 Å². The SMILES string of the molecule is CC(C)C(NC(CC(=O)O)(C(=O)O)c1ccccc1)(C(=O)O)C(C)C. The summed E-state index contributed by atoms with van der Waals surface area (Å²) in [6, 6.07) is 7.81. The predicted octanol–water partition coefficient (Wildman–Crippen LogP) is 2.17. The van der Waals surface area contributed by atoms with Gasteiger partial charge in [0.2, 0.25) is 0 Å². The van der Waals surface area contributed by atoms with Crippen LogP contribution in [0.15, 0.2) is 30.3 Å². The fourth-order valence-electron chi connectivity index (χ4n) is 3.28. The van der Waals surface area contributed by atoms with E-state index in [1.165, 1.54) is 12.1 Å². The summed E-state index contributed by atoms with van der Waals surface area (Å²) in [4.78, 5) is 35.7. The van der Waals surface area contributed by atoms with E-state index in [1.54, 1.807) is 45.9 Å². The van der Waals surface area contributed by atoms with Crippen LogP contribution in [0.2, 0.25) is 0 Å². The van der Waals surface area contributed by atoms with Gasteiger partial charge >= 0.3 is 17.9 Å². The minimum Gasteiger partial charge on any atom is -0.481 e. The van der Waals surface area contributed by atoms with Crippen LogP contribution in [0.3, 0.4) is 0 Å². The summed E-state index contributed by atoms with van der Waals surface area (Å²) >= 11 is 0. The van der Waals surface area contributed by atoms with Crippen LogP contribution in [0.25, 0.3) is 0 Å². The molecule has 4 N–H and O–H groups in total. The van der Waals surface area contributed by atoms with Gasteiger partial charge in [-0.15, -0.1) is 0 Å². The van der Waals surface area contributed by atoms with Gasteiger partial charge in [-0.2, -0.15) is 0 Å². The molecule has 0 aliphatic rings. The fourth-order valence-corrected chi connectivity index (χ4v) is 3.28. The average Bonchev–Trinajstić information content (AvgIpc) is 2.50. The summed E-state index contributed by atoms with van der Waals surface area (Å²) in [5.41, 5.74) is -3.50. The minimum atomic E-state index is -2.07. The van der Waals surface area contributed by atoms with E-state index in [1.807, 2.05) is 0 Å². The number of rotatable bonds is 9. The molecule has 0 aliphatic heterocycles. The Labute approximate surface area is 146 Å². The molecule has 0 aromatic heterocycles. The maximum atomic E-state index is 12.2. The number of hydrogen-bond donors (Lipinski definition) is 4. The van der Waals surface area contributed by atoms with Gasteiger partial charge in [-0.25, -0.2) is 4.79 Å². The Kier molecular flexibility index (Phi) is 6.31. The van der Waals surface area contributed by atoms with Crippen molar-refractivity contribution in [3.05, 3.63) is 35.9 Å². The Morgan fingerprint density at radius 3 is 1.72 bits per heavy atom. The van der Waals surface area contributed by atoms with Crippen molar-refractivity contribution in [3.63, 3.8) is 0 Å². The van der Waals surface area contributed by atoms with Crippen LogP contribution in [0.1, 0.15) is 39.7 Å². The first-order valence-electron chi connectivity index (χ1n) is 8.04. The maximum Gasteiger partial charge on any atom is 0.329 e. The highest BCUT2D eigenvalue weighted by atomic mass is 16.4. The van der Waals surface area contributed by atoms with E-state index in [9.17, 15) is 29.7 Å². The van der Waals surface area contributed by atoms with Crippen molar-refractivity contribution in [1.82, 2.24) is 5.32 Å². The second-order valence-corrected chi connectivity index (χ2v) is 6.76. The average molecular weight is 351 g/mol. The standard InChI is InChI=1S/C18H25NO6/c1-11(2)18(12(3)4,16(24)25)19-17(15(22)23,10-14(20)21)13-8-6-5-7-9-13/h5-9,11-12,19H,10H2,1-4H3,(H,20,21)(H,22,23)(H,24,25). The van der Waals surface area contributed by atoms with Crippen LogP contribution in [0.5, 0.6) is 0 Å². The highest BCUT2D eigenvalue weighted by Crippen LogP contribution is 2.35. The lowest BCUT2D eigenvalue weighted by atomic mass is 9.73. The summed E-state index contributed by atoms with van der Waals surface area (Å²) in [5.74, 6) is -4.97. The van der Waals surface area contributed by atoms with E-state index in [-0.39, 0.29) is 5.56 Å². The third kappa shape index (κ3) is 3.82. The number of hydrogen-bond acceptors (Lipinski definition) is 4. The molecule has 0 spiro atoms. The molecule has 138 valence electrons. The molecule has 0 aliphatic carbocycles. The topological polar surface area (TPSA) is 124 Å². The van der Waals surface area contributed by atoms with Crippen molar-refractivity contribution in [1.29, 1.82) is 0 Å². The molecule has 0 saturated heterocycles. The Balaban J connectivity index is 3.69.